The van der Waals surface area contributed by atoms with Crippen molar-refractivity contribution in [2.75, 3.05) is 27.9 Å². The molecule has 0 fully saturated rings. The molecule has 184 valence electrons. The molecule has 0 unspecified atom stereocenters. The summed E-state index contributed by atoms with van der Waals surface area (Å²) in [6, 6.07) is 16.3. The molecule has 0 saturated carbocycles. The van der Waals surface area contributed by atoms with Crippen molar-refractivity contribution in [3.8, 4) is 23.0 Å². The van der Waals surface area contributed by atoms with E-state index in [1.54, 1.807) is 12.1 Å². The zero-order valence-electron chi connectivity index (χ0n) is 19.6. The topological polar surface area (TPSA) is 94.5 Å². The van der Waals surface area contributed by atoms with Crippen molar-refractivity contribution < 1.29 is 38.0 Å². The Labute approximate surface area is 202 Å². The monoisotopic (exact) mass is 483 g/mol. The highest BCUT2D eigenvalue weighted by atomic mass is 19.1. The SMILES string of the molecule is COc1cc(CN(Cc2ccccc2)C(=O)COc2c(F)cccc2C(=O)O)cc(OC)c1OC. The van der Waals surface area contributed by atoms with Crippen LogP contribution in [0.15, 0.2) is 60.7 Å². The van der Waals surface area contributed by atoms with Gasteiger partial charge < -0.3 is 29.0 Å². The highest BCUT2D eigenvalue weighted by molar-refractivity contribution is 5.91. The van der Waals surface area contributed by atoms with Crippen LogP contribution < -0.4 is 18.9 Å². The van der Waals surface area contributed by atoms with Crippen LogP contribution in [-0.4, -0.2) is 49.8 Å². The van der Waals surface area contributed by atoms with Crippen LogP contribution in [0.1, 0.15) is 21.5 Å². The summed E-state index contributed by atoms with van der Waals surface area (Å²) in [6.45, 7) is -0.169. The van der Waals surface area contributed by atoms with Gasteiger partial charge in [0.15, 0.2) is 29.7 Å². The molecule has 1 amide bonds. The molecule has 0 aliphatic rings. The Morgan fingerprint density at radius 3 is 2.03 bits per heavy atom. The molecular weight excluding hydrogens is 457 g/mol. The third kappa shape index (κ3) is 6.20. The van der Waals surface area contributed by atoms with E-state index in [1.807, 2.05) is 30.3 Å². The molecule has 3 aromatic rings. The summed E-state index contributed by atoms with van der Waals surface area (Å²) in [6.07, 6.45) is 0. The minimum atomic E-state index is -1.36. The maximum Gasteiger partial charge on any atom is 0.339 e. The summed E-state index contributed by atoms with van der Waals surface area (Å²) in [7, 11) is 4.49. The largest absolute Gasteiger partial charge is 0.493 e. The molecule has 3 rings (SSSR count). The molecule has 0 saturated heterocycles. The van der Waals surface area contributed by atoms with E-state index in [-0.39, 0.29) is 18.7 Å². The fraction of sp³-hybridized carbons (Fsp3) is 0.231. The van der Waals surface area contributed by atoms with Crippen LogP contribution >= 0.6 is 0 Å². The Balaban J connectivity index is 1.88. The lowest BCUT2D eigenvalue weighted by molar-refractivity contribution is -0.134. The van der Waals surface area contributed by atoms with Crippen LogP contribution in [0.2, 0.25) is 0 Å². The van der Waals surface area contributed by atoms with E-state index >= 15 is 0 Å². The van der Waals surface area contributed by atoms with Gasteiger partial charge in [-0.25, -0.2) is 9.18 Å². The number of carboxylic acid groups (broad SMARTS) is 1. The number of benzene rings is 3. The van der Waals surface area contributed by atoms with E-state index in [1.165, 1.54) is 38.4 Å². The number of nitrogens with zero attached hydrogens (tertiary/aromatic N) is 1. The second-order valence-electron chi connectivity index (χ2n) is 7.48. The highest BCUT2D eigenvalue weighted by Gasteiger charge is 2.21. The van der Waals surface area contributed by atoms with Crippen molar-refractivity contribution in [2.24, 2.45) is 0 Å². The van der Waals surface area contributed by atoms with Crippen LogP contribution in [-0.2, 0) is 17.9 Å². The third-order valence-electron chi connectivity index (χ3n) is 5.20. The number of halogens is 1. The van der Waals surface area contributed by atoms with Gasteiger partial charge in [0.25, 0.3) is 5.91 Å². The number of amides is 1. The number of hydrogen-bond acceptors (Lipinski definition) is 6. The van der Waals surface area contributed by atoms with Crippen LogP contribution in [0.4, 0.5) is 4.39 Å². The third-order valence-corrected chi connectivity index (χ3v) is 5.20. The molecule has 1 N–H and O–H groups in total. The molecular formula is C26H26FNO7. The van der Waals surface area contributed by atoms with E-state index < -0.39 is 30.1 Å². The Morgan fingerprint density at radius 2 is 1.46 bits per heavy atom. The lowest BCUT2D eigenvalue weighted by Gasteiger charge is -2.24. The molecule has 0 bridgehead atoms. The van der Waals surface area contributed by atoms with Crippen LogP contribution in [0, 0.1) is 5.82 Å². The average Bonchev–Trinajstić information content (AvgIpc) is 2.87. The minimum Gasteiger partial charge on any atom is -0.493 e. The number of para-hydroxylation sites is 1. The molecule has 0 aliphatic carbocycles. The van der Waals surface area contributed by atoms with E-state index in [0.29, 0.717) is 22.8 Å². The van der Waals surface area contributed by atoms with Gasteiger partial charge in [0.2, 0.25) is 5.75 Å². The standard InChI is InChI=1S/C26H26FNO7/c1-32-21-12-18(13-22(33-2)25(21)34-3)15-28(14-17-8-5-4-6-9-17)23(29)16-35-24-19(26(30)31)10-7-11-20(24)27/h4-13H,14-16H2,1-3H3,(H,30,31). The Bertz CT molecular complexity index is 1160. The Morgan fingerprint density at radius 1 is 0.829 bits per heavy atom. The first-order valence-electron chi connectivity index (χ1n) is 10.6. The van der Waals surface area contributed by atoms with Crippen LogP contribution in [0.25, 0.3) is 0 Å². The first-order valence-corrected chi connectivity index (χ1v) is 10.6. The molecule has 3 aromatic carbocycles. The smallest absolute Gasteiger partial charge is 0.339 e. The molecule has 8 nitrogen and oxygen atoms in total. The normalized spacial score (nSPS) is 10.4. The van der Waals surface area contributed by atoms with E-state index in [9.17, 15) is 19.1 Å². The highest BCUT2D eigenvalue weighted by Crippen LogP contribution is 2.38. The predicted octanol–water partition coefficient (Wildman–Crippen LogP) is 4.16. The summed E-state index contributed by atoms with van der Waals surface area (Å²) < 4.78 is 35.8. The van der Waals surface area contributed by atoms with Gasteiger partial charge in [-0.15, -0.1) is 0 Å². The van der Waals surface area contributed by atoms with Crippen LogP contribution in [0.3, 0.4) is 0 Å². The van der Waals surface area contributed by atoms with Gasteiger partial charge in [0.05, 0.1) is 21.3 Å². The number of carbonyl (C=O) groups is 2. The summed E-state index contributed by atoms with van der Waals surface area (Å²) >= 11 is 0. The molecule has 0 heterocycles. The summed E-state index contributed by atoms with van der Waals surface area (Å²) in [4.78, 5) is 26.1. The quantitative estimate of drug-likeness (QED) is 0.438. The average molecular weight is 483 g/mol. The maximum atomic E-state index is 14.2. The Kier molecular flexibility index (Phi) is 8.50. The molecule has 0 aromatic heterocycles. The van der Waals surface area contributed by atoms with Gasteiger partial charge in [-0.2, -0.15) is 0 Å². The summed E-state index contributed by atoms with van der Waals surface area (Å²) in [5.74, 6) is -1.89. The minimum absolute atomic E-state index is 0.150. The van der Waals surface area contributed by atoms with Crippen LogP contribution in [0.5, 0.6) is 23.0 Å². The zero-order valence-corrected chi connectivity index (χ0v) is 19.6. The second kappa shape index (κ2) is 11.7. The van der Waals surface area contributed by atoms with Gasteiger partial charge in [0, 0.05) is 13.1 Å². The van der Waals surface area contributed by atoms with E-state index in [4.69, 9.17) is 18.9 Å². The van der Waals surface area contributed by atoms with Crippen molar-refractivity contribution in [3.63, 3.8) is 0 Å². The Hall–Kier alpha value is -4.27. The molecule has 0 spiro atoms. The number of methoxy groups -OCH3 is 3. The van der Waals surface area contributed by atoms with Gasteiger partial charge in [-0.05, 0) is 35.4 Å². The van der Waals surface area contributed by atoms with Gasteiger partial charge in [-0.1, -0.05) is 36.4 Å². The number of aromatic carboxylic acids is 1. The number of carboxylic acids is 1. The first kappa shape index (κ1) is 25.4. The molecule has 9 heteroatoms. The lowest BCUT2D eigenvalue weighted by atomic mass is 10.1. The molecule has 0 radical (unpaired) electrons. The van der Waals surface area contributed by atoms with Gasteiger partial charge in [-0.3, -0.25) is 4.79 Å². The predicted molar refractivity (Wildman–Crippen MR) is 126 cm³/mol. The first-order chi connectivity index (χ1) is 16.9. The summed E-state index contributed by atoms with van der Waals surface area (Å²) in [5.41, 5.74) is 1.20. The van der Waals surface area contributed by atoms with E-state index in [2.05, 4.69) is 0 Å². The van der Waals surface area contributed by atoms with Crippen molar-refractivity contribution in [1.29, 1.82) is 0 Å². The van der Waals surface area contributed by atoms with Crippen molar-refractivity contribution >= 4 is 11.9 Å². The zero-order chi connectivity index (χ0) is 25.4. The fourth-order valence-corrected chi connectivity index (χ4v) is 3.53. The molecule has 35 heavy (non-hydrogen) atoms. The van der Waals surface area contributed by atoms with Crippen molar-refractivity contribution in [2.45, 2.75) is 13.1 Å². The number of rotatable bonds is 11. The second-order valence-corrected chi connectivity index (χ2v) is 7.48. The fourth-order valence-electron chi connectivity index (χ4n) is 3.53. The molecule has 0 aliphatic heterocycles. The summed E-state index contributed by atoms with van der Waals surface area (Å²) in [5, 5.41) is 9.32. The van der Waals surface area contributed by atoms with Crippen molar-refractivity contribution in [3.05, 3.63) is 83.2 Å². The maximum absolute atomic E-state index is 14.2. The van der Waals surface area contributed by atoms with Gasteiger partial charge in [0.1, 0.15) is 5.56 Å². The van der Waals surface area contributed by atoms with Crippen molar-refractivity contribution in [1.82, 2.24) is 4.90 Å². The number of ether oxygens (including phenoxy) is 4. The number of hydrogen-bond donors (Lipinski definition) is 1. The number of carbonyl (C=O) groups excluding carboxylic acids is 1. The molecule has 0 atom stereocenters. The van der Waals surface area contributed by atoms with Gasteiger partial charge >= 0.3 is 5.97 Å². The van der Waals surface area contributed by atoms with E-state index in [0.717, 1.165) is 11.6 Å². The lowest BCUT2D eigenvalue weighted by Crippen LogP contribution is -2.34.